The lowest BCUT2D eigenvalue weighted by molar-refractivity contribution is -0.117. The van der Waals surface area contributed by atoms with E-state index in [1.165, 1.54) is 23.7 Å². The third-order valence-electron chi connectivity index (χ3n) is 4.18. The molecule has 1 fully saturated rings. The molecule has 28 heavy (non-hydrogen) atoms. The molecule has 0 bridgehead atoms. The average molecular weight is 477 g/mol. The van der Waals surface area contributed by atoms with Gasteiger partial charge in [0.15, 0.2) is 0 Å². The largest absolute Gasteiger partial charge is 0.354 e. The zero-order chi connectivity index (χ0) is 20.3. The van der Waals surface area contributed by atoms with Crippen LogP contribution in [0.3, 0.4) is 0 Å². The quantitative estimate of drug-likeness (QED) is 0.528. The molecular weight excluding hydrogens is 462 g/mol. The first-order valence-corrected chi connectivity index (χ1v) is 10.4. The third-order valence-corrected chi connectivity index (χ3v) is 6.34. The number of amides is 2. The molecule has 1 atom stereocenters. The summed E-state index contributed by atoms with van der Waals surface area (Å²) in [6.07, 6.45) is 0.395. The van der Waals surface area contributed by atoms with Crippen LogP contribution in [0.4, 0.5) is 5.69 Å². The number of hydrogen-bond acceptors (Lipinski definition) is 4. The van der Waals surface area contributed by atoms with Crippen molar-refractivity contribution in [3.05, 3.63) is 74.2 Å². The van der Waals surface area contributed by atoms with E-state index in [2.05, 4.69) is 21.2 Å². The smallest absolute Gasteiger partial charge is 0.264 e. The highest BCUT2D eigenvalue weighted by atomic mass is 79.9. The van der Waals surface area contributed by atoms with Crippen molar-refractivity contribution in [1.82, 2.24) is 5.32 Å². The molecule has 2 aromatic rings. The first-order valence-electron chi connectivity index (χ1n) is 8.32. The van der Waals surface area contributed by atoms with E-state index in [0.717, 1.165) is 10.0 Å². The Kier molecular flexibility index (Phi) is 6.45. The highest BCUT2D eigenvalue weighted by Crippen LogP contribution is 2.42. The Morgan fingerprint density at radius 3 is 2.57 bits per heavy atom. The van der Waals surface area contributed by atoms with Crippen LogP contribution in [0.15, 0.2) is 63.6 Å². The van der Waals surface area contributed by atoms with E-state index in [0.29, 0.717) is 22.2 Å². The molecule has 0 unspecified atom stereocenters. The van der Waals surface area contributed by atoms with Gasteiger partial charge in [0.05, 0.1) is 5.25 Å². The van der Waals surface area contributed by atoms with Gasteiger partial charge in [0.1, 0.15) is 16.7 Å². The molecule has 0 aliphatic carbocycles. The van der Waals surface area contributed by atoms with Crippen molar-refractivity contribution in [3.63, 3.8) is 0 Å². The van der Waals surface area contributed by atoms with E-state index >= 15 is 0 Å². The van der Waals surface area contributed by atoms with Gasteiger partial charge < -0.3 is 5.32 Å². The minimum absolute atomic E-state index is 0.0922. The minimum atomic E-state index is -0.529. The second-order valence-corrected chi connectivity index (χ2v) is 8.44. The summed E-state index contributed by atoms with van der Waals surface area (Å²) in [4.78, 5) is 26.9. The number of thioether (sulfide) groups is 1. The number of carbonyl (C=O) groups is 2. The van der Waals surface area contributed by atoms with Gasteiger partial charge in [-0.05, 0) is 42.3 Å². The van der Waals surface area contributed by atoms with Gasteiger partial charge in [-0.25, -0.2) is 0 Å². The Labute approximate surface area is 180 Å². The molecule has 2 aromatic carbocycles. The van der Waals surface area contributed by atoms with Crippen molar-refractivity contribution in [3.8, 4) is 6.07 Å². The molecule has 0 spiro atoms. The Balaban J connectivity index is 2.06. The van der Waals surface area contributed by atoms with Gasteiger partial charge in [-0.3, -0.25) is 14.5 Å². The van der Waals surface area contributed by atoms with E-state index < -0.39 is 11.2 Å². The topological polar surface area (TPSA) is 73.2 Å². The van der Waals surface area contributed by atoms with Crippen LogP contribution >= 0.6 is 39.3 Å². The molecule has 1 aliphatic rings. The molecule has 142 valence electrons. The Hall–Kier alpha value is -2.27. The van der Waals surface area contributed by atoms with Crippen LogP contribution in [0.2, 0.25) is 5.02 Å². The van der Waals surface area contributed by atoms with E-state index in [-0.39, 0.29) is 11.5 Å². The van der Waals surface area contributed by atoms with Crippen molar-refractivity contribution in [2.75, 3.05) is 11.9 Å². The van der Waals surface area contributed by atoms with Crippen LogP contribution in [0, 0.1) is 11.3 Å². The minimum Gasteiger partial charge on any atom is -0.354 e. The fourth-order valence-corrected chi connectivity index (χ4v) is 4.57. The van der Waals surface area contributed by atoms with E-state index in [4.69, 9.17) is 11.6 Å². The summed E-state index contributed by atoms with van der Waals surface area (Å²) >= 11 is 10.8. The number of nitrogens with zero attached hydrogens (tertiary/aromatic N) is 2. The zero-order valence-corrected chi connectivity index (χ0v) is 17.9. The number of benzene rings is 2. The van der Waals surface area contributed by atoms with Crippen molar-refractivity contribution >= 4 is 56.8 Å². The predicted octanol–water partition coefficient (Wildman–Crippen LogP) is 4.27. The molecule has 0 aromatic heterocycles. The molecule has 1 saturated heterocycles. The summed E-state index contributed by atoms with van der Waals surface area (Å²) in [5.41, 5.74) is 1.34. The van der Waals surface area contributed by atoms with Crippen molar-refractivity contribution in [2.45, 2.75) is 11.7 Å². The third kappa shape index (κ3) is 4.09. The summed E-state index contributed by atoms with van der Waals surface area (Å²) in [5.74, 6) is -0.725. The second-order valence-electron chi connectivity index (χ2n) is 5.92. The molecule has 1 aliphatic heterocycles. The number of likely N-dealkylation sites (N-methyl/N-ethyl adjacent to an activating group) is 1. The Bertz CT molecular complexity index is 1000. The zero-order valence-electron chi connectivity index (χ0n) is 14.8. The fourth-order valence-electron chi connectivity index (χ4n) is 2.80. The number of nitriles is 1. The number of nitrogens with one attached hydrogen (secondary N) is 1. The SMILES string of the molecule is CNC(=O)/C(C#N)=C1\S[C@@H](Cc2ccccc2Cl)C(=O)N1c1ccc(Br)cc1. The van der Waals surface area contributed by atoms with Gasteiger partial charge in [0.2, 0.25) is 5.91 Å². The van der Waals surface area contributed by atoms with Crippen LogP contribution in [-0.2, 0) is 16.0 Å². The van der Waals surface area contributed by atoms with E-state index in [1.54, 1.807) is 30.3 Å². The number of anilines is 1. The van der Waals surface area contributed by atoms with Crippen molar-refractivity contribution in [2.24, 2.45) is 0 Å². The lowest BCUT2D eigenvalue weighted by Crippen LogP contribution is -2.31. The van der Waals surface area contributed by atoms with Crippen LogP contribution in [-0.4, -0.2) is 24.1 Å². The maximum absolute atomic E-state index is 13.2. The van der Waals surface area contributed by atoms with Gasteiger partial charge in [-0.1, -0.05) is 57.5 Å². The number of rotatable bonds is 4. The summed E-state index contributed by atoms with van der Waals surface area (Å²) in [6.45, 7) is 0. The number of halogens is 2. The number of carbonyl (C=O) groups excluding carboxylic acids is 2. The van der Waals surface area contributed by atoms with Crippen LogP contribution in [0.25, 0.3) is 0 Å². The normalized spacial score (nSPS) is 18.0. The monoisotopic (exact) mass is 475 g/mol. The van der Waals surface area contributed by atoms with Gasteiger partial charge >= 0.3 is 0 Å². The van der Waals surface area contributed by atoms with Crippen LogP contribution in [0.1, 0.15) is 5.56 Å². The first kappa shape index (κ1) is 20.5. The summed E-state index contributed by atoms with van der Waals surface area (Å²) in [6, 6.07) is 16.4. The summed E-state index contributed by atoms with van der Waals surface area (Å²) in [7, 11) is 1.45. The lowest BCUT2D eigenvalue weighted by Gasteiger charge is -2.18. The van der Waals surface area contributed by atoms with Crippen molar-refractivity contribution in [1.29, 1.82) is 5.26 Å². The summed E-state index contributed by atoms with van der Waals surface area (Å²) in [5, 5.41) is 12.4. The molecule has 0 radical (unpaired) electrons. The molecule has 8 heteroatoms. The molecule has 1 heterocycles. The lowest BCUT2D eigenvalue weighted by atomic mass is 10.1. The predicted molar refractivity (Wildman–Crippen MR) is 115 cm³/mol. The first-order chi connectivity index (χ1) is 13.5. The molecule has 2 amide bonds. The molecule has 3 rings (SSSR count). The van der Waals surface area contributed by atoms with Crippen molar-refractivity contribution < 1.29 is 9.59 Å². The molecular formula is C20H15BrClN3O2S. The average Bonchev–Trinajstić information content (AvgIpc) is 3.01. The Morgan fingerprint density at radius 1 is 1.29 bits per heavy atom. The van der Waals surface area contributed by atoms with Crippen LogP contribution < -0.4 is 10.2 Å². The van der Waals surface area contributed by atoms with E-state index in [9.17, 15) is 14.9 Å². The maximum atomic E-state index is 13.2. The molecule has 0 saturated carbocycles. The van der Waals surface area contributed by atoms with Gasteiger partial charge in [-0.15, -0.1) is 0 Å². The summed E-state index contributed by atoms with van der Waals surface area (Å²) < 4.78 is 0.862. The van der Waals surface area contributed by atoms with E-state index in [1.807, 2.05) is 24.3 Å². The maximum Gasteiger partial charge on any atom is 0.264 e. The highest BCUT2D eigenvalue weighted by molar-refractivity contribution is 9.10. The Morgan fingerprint density at radius 2 is 1.96 bits per heavy atom. The van der Waals surface area contributed by atoms with Gasteiger partial charge in [-0.2, -0.15) is 5.26 Å². The molecule has 1 N–H and O–H groups in total. The highest BCUT2D eigenvalue weighted by Gasteiger charge is 2.40. The second kappa shape index (κ2) is 8.82. The number of hydrogen-bond donors (Lipinski definition) is 1. The standard InChI is InChI=1S/C20H15BrClN3O2S/c1-24-18(26)15(11-23)20-25(14-8-6-13(21)7-9-14)19(27)17(28-20)10-12-4-2-3-5-16(12)22/h2-9,17H,10H2,1H3,(H,24,26)/b20-15-/t17-/m0/s1. The van der Waals surface area contributed by atoms with Gasteiger partial charge in [0, 0.05) is 22.2 Å². The van der Waals surface area contributed by atoms with Crippen LogP contribution in [0.5, 0.6) is 0 Å². The molecule has 5 nitrogen and oxygen atoms in total. The fraction of sp³-hybridized carbons (Fsp3) is 0.150. The van der Waals surface area contributed by atoms with Gasteiger partial charge in [0.25, 0.3) is 5.91 Å².